The normalized spacial score (nSPS) is 14.7. The molecule has 1 aliphatic heterocycles. The Labute approximate surface area is 160 Å². The molecule has 0 radical (unpaired) electrons. The van der Waals surface area contributed by atoms with E-state index in [0.717, 1.165) is 11.8 Å². The van der Waals surface area contributed by atoms with Crippen molar-refractivity contribution in [2.75, 3.05) is 36.4 Å². The van der Waals surface area contributed by atoms with Gasteiger partial charge in [0.25, 0.3) is 5.91 Å². The number of pyridine rings is 1. The summed E-state index contributed by atoms with van der Waals surface area (Å²) in [6.45, 7) is 3.85. The molecule has 1 aromatic heterocycles. The first-order valence-corrected chi connectivity index (χ1v) is 8.70. The predicted octanol–water partition coefficient (Wildman–Crippen LogP) is 3.02. The fourth-order valence-electron chi connectivity index (χ4n) is 3.05. The number of para-hydroxylation sites is 1. The fourth-order valence-corrected chi connectivity index (χ4v) is 3.05. The van der Waals surface area contributed by atoms with E-state index in [4.69, 9.17) is 0 Å². The molecule has 9 heteroatoms. The van der Waals surface area contributed by atoms with Gasteiger partial charge in [-0.05, 0) is 24.3 Å². The van der Waals surface area contributed by atoms with Crippen molar-refractivity contribution in [2.24, 2.45) is 0 Å². The van der Waals surface area contributed by atoms with Crippen LogP contribution in [0.15, 0.2) is 42.6 Å². The third-order valence-electron chi connectivity index (χ3n) is 4.55. The largest absolute Gasteiger partial charge is 0.418 e. The van der Waals surface area contributed by atoms with E-state index >= 15 is 0 Å². The summed E-state index contributed by atoms with van der Waals surface area (Å²) in [7, 11) is 0. The van der Waals surface area contributed by atoms with E-state index in [2.05, 4.69) is 10.3 Å². The maximum Gasteiger partial charge on any atom is 0.418 e. The van der Waals surface area contributed by atoms with Crippen molar-refractivity contribution in [2.45, 2.75) is 13.1 Å². The van der Waals surface area contributed by atoms with Gasteiger partial charge in [-0.2, -0.15) is 13.2 Å². The van der Waals surface area contributed by atoms with Crippen molar-refractivity contribution in [1.82, 2.24) is 9.88 Å². The number of nitrogens with one attached hydrogen (secondary N) is 1. The van der Waals surface area contributed by atoms with E-state index < -0.39 is 17.6 Å². The maximum atomic E-state index is 13.1. The predicted molar refractivity (Wildman–Crippen MR) is 98.1 cm³/mol. The lowest BCUT2D eigenvalue weighted by Gasteiger charge is -2.35. The summed E-state index contributed by atoms with van der Waals surface area (Å²) in [4.78, 5) is 31.6. The molecular formula is C19H19F3N4O2. The number of anilines is 2. The Hall–Kier alpha value is -3.10. The molecule has 0 spiro atoms. The van der Waals surface area contributed by atoms with Gasteiger partial charge in [-0.15, -0.1) is 0 Å². The molecule has 2 amide bonds. The molecule has 1 aliphatic rings. The zero-order chi connectivity index (χ0) is 20.3. The summed E-state index contributed by atoms with van der Waals surface area (Å²) >= 11 is 0. The monoisotopic (exact) mass is 392 g/mol. The highest BCUT2D eigenvalue weighted by atomic mass is 19.4. The molecule has 2 aromatic rings. The summed E-state index contributed by atoms with van der Waals surface area (Å²) in [6.07, 6.45) is -3.13. The van der Waals surface area contributed by atoms with Gasteiger partial charge in [0.15, 0.2) is 0 Å². The van der Waals surface area contributed by atoms with Crippen LogP contribution < -0.4 is 10.2 Å². The number of amides is 2. The third-order valence-corrected chi connectivity index (χ3v) is 4.55. The second kappa shape index (κ2) is 7.87. The molecule has 2 heterocycles. The highest BCUT2D eigenvalue weighted by Gasteiger charge is 2.33. The molecule has 1 saturated heterocycles. The molecule has 1 fully saturated rings. The number of aromatic nitrogens is 1. The summed E-state index contributed by atoms with van der Waals surface area (Å²) in [5.74, 6) is -0.710. The first-order chi connectivity index (χ1) is 13.3. The average Bonchev–Trinajstić information content (AvgIpc) is 2.68. The molecule has 28 heavy (non-hydrogen) atoms. The molecule has 3 rings (SSSR count). The number of nitrogens with zero attached hydrogens (tertiary/aromatic N) is 3. The van der Waals surface area contributed by atoms with Crippen LogP contribution in [-0.4, -0.2) is 47.9 Å². The van der Waals surface area contributed by atoms with Gasteiger partial charge in [0.05, 0.1) is 11.3 Å². The summed E-state index contributed by atoms with van der Waals surface area (Å²) in [5, 5.41) is 2.29. The van der Waals surface area contributed by atoms with Gasteiger partial charge in [0.1, 0.15) is 5.69 Å². The Bertz CT molecular complexity index is 877. The van der Waals surface area contributed by atoms with Crippen LogP contribution in [0.25, 0.3) is 0 Å². The van der Waals surface area contributed by atoms with Crippen LogP contribution in [0.3, 0.4) is 0 Å². The highest BCUT2D eigenvalue weighted by Crippen LogP contribution is 2.34. The molecule has 0 bridgehead atoms. The number of alkyl halides is 3. The number of carbonyl (C=O) groups is 2. The molecule has 148 valence electrons. The van der Waals surface area contributed by atoms with Crippen LogP contribution in [0.2, 0.25) is 0 Å². The van der Waals surface area contributed by atoms with E-state index in [1.807, 2.05) is 4.90 Å². The lowest BCUT2D eigenvalue weighted by molar-refractivity contribution is -0.137. The summed E-state index contributed by atoms with van der Waals surface area (Å²) < 4.78 is 39.3. The Balaban J connectivity index is 1.75. The van der Waals surface area contributed by atoms with Crippen molar-refractivity contribution in [3.63, 3.8) is 0 Å². The van der Waals surface area contributed by atoms with Gasteiger partial charge in [-0.1, -0.05) is 12.1 Å². The van der Waals surface area contributed by atoms with Crippen molar-refractivity contribution in [1.29, 1.82) is 0 Å². The third kappa shape index (κ3) is 4.41. The number of carbonyl (C=O) groups excluding carboxylic acids is 2. The van der Waals surface area contributed by atoms with E-state index in [-0.39, 0.29) is 17.3 Å². The zero-order valence-electron chi connectivity index (χ0n) is 15.2. The van der Waals surface area contributed by atoms with Crippen molar-refractivity contribution >= 4 is 23.2 Å². The minimum absolute atomic E-state index is 0.0118. The number of benzene rings is 1. The summed E-state index contributed by atoms with van der Waals surface area (Å²) in [6, 6.07) is 8.06. The van der Waals surface area contributed by atoms with Gasteiger partial charge in [0, 0.05) is 45.0 Å². The van der Waals surface area contributed by atoms with Crippen LogP contribution in [0.1, 0.15) is 23.0 Å². The van der Waals surface area contributed by atoms with Crippen LogP contribution in [0.4, 0.5) is 24.5 Å². The highest BCUT2D eigenvalue weighted by molar-refractivity contribution is 6.03. The first-order valence-electron chi connectivity index (χ1n) is 8.70. The average molecular weight is 392 g/mol. The molecular weight excluding hydrogens is 373 g/mol. The number of piperazine rings is 1. The molecule has 0 saturated carbocycles. The zero-order valence-corrected chi connectivity index (χ0v) is 15.2. The standard InChI is InChI=1S/C19H19F3N4O2/c1-13(27)25-8-10-26(11-9-25)14-6-7-23-17(12-14)18(28)24-16-5-3-2-4-15(16)19(20,21)22/h2-7,12H,8-11H2,1H3,(H,24,28). The Morgan fingerprint density at radius 1 is 1.07 bits per heavy atom. The lowest BCUT2D eigenvalue weighted by atomic mass is 10.1. The Kier molecular flexibility index (Phi) is 5.53. The Morgan fingerprint density at radius 2 is 1.75 bits per heavy atom. The first kappa shape index (κ1) is 19.7. The fraction of sp³-hybridized carbons (Fsp3) is 0.316. The number of hydrogen-bond donors (Lipinski definition) is 1. The van der Waals surface area contributed by atoms with E-state index in [9.17, 15) is 22.8 Å². The van der Waals surface area contributed by atoms with Gasteiger partial charge in [-0.3, -0.25) is 14.6 Å². The SMILES string of the molecule is CC(=O)N1CCN(c2ccnc(C(=O)Nc3ccccc3C(F)(F)F)c2)CC1. The quantitative estimate of drug-likeness (QED) is 0.872. The van der Waals surface area contributed by atoms with Crippen LogP contribution >= 0.6 is 0 Å². The molecule has 0 aliphatic carbocycles. The van der Waals surface area contributed by atoms with Gasteiger partial charge >= 0.3 is 6.18 Å². The Morgan fingerprint density at radius 3 is 2.39 bits per heavy atom. The van der Waals surface area contributed by atoms with Crippen LogP contribution in [0, 0.1) is 0 Å². The number of halogens is 3. The van der Waals surface area contributed by atoms with E-state index in [1.54, 1.807) is 11.0 Å². The minimum atomic E-state index is -4.57. The molecule has 1 aromatic carbocycles. The molecule has 0 unspecified atom stereocenters. The topological polar surface area (TPSA) is 65.5 Å². The van der Waals surface area contributed by atoms with Crippen molar-refractivity contribution < 1.29 is 22.8 Å². The lowest BCUT2D eigenvalue weighted by Crippen LogP contribution is -2.48. The van der Waals surface area contributed by atoms with Gasteiger partial charge in [0.2, 0.25) is 5.91 Å². The smallest absolute Gasteiger partial charge is 0.368 e. The van der Waals surface area contributed by atoms with Crippen molar-refractivity contribution in [3.8, 4) is 0 Å². The van der Waals surface area contributed by atoms with Gasteiger partial charge in [-0.25, -0.2) is 0 Å². The molecule has 0 atom stereocenters. The molecule has 1 N–H and O–H groups in total. The minimum Gasteiger partial charge on any atom is -0.368 e. The molecule has 6 nitrogen and oxygen atoms in total. The second-order valence-corrected chi connectivity index (χ2v) is 6.39. The summed E-state index contributed by atoms with van der Waals surface area (Å²) in [5.41, 5.74) is -0.488. The maximum absolute atomic E-state index is 13.1. The van der Waals surface area contributed by atoms with Gasteiger partial charge < -0.3 is 15.1 Å². The van der Waals surface area contributed by atoms with Crippen molar-refractivity contribution in [3.05, 3.63) is 53.9 Å². The van der Waals surface area contributed by atoms with Crippen LogP contribution in [-0.2, 0) is 11.0 Å². The number of rotatable bonds is 3. The van der Waals surface area contributed by atoms with E-state index in [1.165, 1.54) is 37.4 Å². The van der Waals surface area contributed by atoms with Crippen LogP contribution in [0.5, 0.6) is 0 Å². The van der Waals surface area contributed by atoms with E-state index in [0.29, 0.717) is 26.2 Å². The number of hydrogen-bond acceptors (Lipinski definition) is 4. The second-order valence-electron chi connectivity index (χ2n) is 6.39.